The van der Waals surface area contributed by atoms with Gasteiger partial charge in [0.1, 0.15) is 0 Å². The molecular formula is C14H36O2Si4. The molecular weight excluding hydrogens is 312 g/mol. The highest BCUT2D eigenvalue weighted by Gasteiger charge is 2.65. The molecule has 0 heterocycles. The van der Waals surface area contributed by atoms with Gasteiger partial charge in [-0.05, 0) is 13.8 Å². The van der Waals surface area contributed by atoms with Gasteiger partial charge in [-0.2, -0.15) is 0 Å². The van der Waals surface area contributed by atoms with Crippen molar-refractivity contribution in [2.24, 2.45) is 0 Å². The summed E-state index contributed by atoms with van der Waals surface area (Å²) in [6.07, 6.45) is 0. The third-order valence-corrected chi connectivity index (χ3v) is 71.3. The van der Waals surface area contributed by atoms with Crippen LogP contribution in [0.25, 0.3) is 0 Å². The summed E-state index contributed by atoms with van der Waals surface area (Å²) >= 11 is 0. The van der Waals surface area contributed by atoms with E-state index in [0.717, 1.165) is 5.95 Å². The molecule has 0 aliphatic heterocycles. The van der Waals surface area contributed by atoms with Crippen LogP contribution in [0.1, 0.15) is 13.8 Å². The van der Waals surface area contributed by atoms with Crippen LogP contribution >= 0.6 is 0 Å². The zero-order chi connectivity index (χ0) is 16.6. The standard InChI is InChI=1S/C14H36O2Si4/c1-13(2)14(15-3)16-20(17(4,5)6,18(7,8)9)19(10,11)12/h1-12H3. The van der Waals surface area contributed by atoms with Gasteiger partial charge in [0.25, 0.3) is 5.95 Å². The van der Waals surface area contributed by atoms with E-state index < -0.39 is 29.6 Å². The lowest BCUT2D eigenvalue weighted by Gasteiger charge is -2.55. The molecule has 0 spiro atoms. The average molecular weight is 349 g/mol. The Hall–Kier alpha value is 0.208. The number of rotatable bonds is 6. The molecule has 0 N–H and O–H groups in total. The molecule has 0 aromatic rings. The lowest BCUT2D eigenvalue weighted by atomic mass is 10.4. The molecule has 0 amide bonds. The molecule has 0 atom stereocenters. The van der Waals surface area contributed by atoms with Crippen LogP contribution in [-0.2, 0) is 9.16 Å². The number of ether oxygens (including phenoxy) is 1. The summed E-state index contributed by atoms with van der Waals surface area (Å²) in [5.41, 5.74) is 1.17. The second-order valence-electron chi connectivity index (χ2n) is 9.02. The normalized spacial score (nSPS) is 14.0. The van der Waals surface area contributed by atoms with Crippen molar-refractivity contribution in [3.05, 3.63) is 11.5 Å². The summed E-state index contributed by atoms with van der Waals surface area (Å²) in [6.45, 7) is 25.1. The molecule has 0 rings (SSSR count). The quantitative estimate of drug-likeness (QED) is 0.491. The monoisotopic (exact) mass is 348 g/mol. The van der Waals surface area contributed by atoms with E-state index in [-0.39, 0.29) is 0 Å². The van der Waals surface area contributed by atoms with E-state index in [2.05, 4.69) is 72.8 Å². The summed E-state index contributed by atoms with van der Waals surface area (Å²) in [4.78, 5) is 0. The first kappa shape index (κ1) is 20.2. The number of methoxy groups -OCH3 is 1. The minimum atomic E-state index is -1.81. The fraction of sp³-hybridized carbons (Fsp3) is 0.857. The number of hydrogen-bond acceptors (Lipinski definition) is 2. The predicted octanol–water partition coefficient (Wildman–Crippen LogP) is 5.10. The maximum atomic E-state index is 6.92. The van der Waals surface area contributed by atoms with Crippen molar-refractivity contribution in [3.63, 3.8) is 0 Å². The first-order chi connectivity index (χ1) is 8.62. The molecule has 0 aromatic carbocycles. The van der Waals surface area contributed by atoms with Crippen LogP contribution in [0.2, 0.25) is 58.9 Å². The summed E-state index contributed by atoms with van der Waals surface area (Å²) in [7, 11) is -2.47. The van der Waals surface area contributed by atoms with Gasteiger partial charge in [-0.1, -0.05) is 58.9 Å². The van der Waals surface area contributed by atoms with Crippen LogP contribution < -0.4 is 0 Å². The Morgan fingerprint density at radius 2 is 0.950 bits per heavy atom. The molecule has 0 unspecified atom stereocenters. The van der Waals surface area contributed by atoms with E-state index in [1.165, 1.54) is 5.57 Å². The smallest absolute Gasteiger partial charge is 0.262 e. The maximum Gasteiger partial charge on any atom is 0.262 e. The molecule has 0 radical (unpaired) electrons. The third-order valence-electron chi connectivity index (χ3n) is 4.01. The summed E-state index contributed by atoms with van der Waals surface area (Å²) in [6, 6.07) is 0. The largest absolute Gasteiger partial charge is 0.528 e. The van der Waals surface area contributed by atoms with Crippen LogP contribution in [0.3, 0.4) is 0 Å². The topological polar surface area (TPSA) is 18.5 Å². The van der Waals surface area contributed by atoms with Crippen molar-refractivity contribution >= 4 is 29.6 Å². The Labute approximate surface area is 130 Å². The Morgan fingerprint density at radius 3 is 1.10 bits per heavy atom. The van der Waals surface area contributed by atoms with Gasteiger partial charge in [0.2, 0.25) is 6.87 Å². The molecule has 2 nitrogen and oxygen atoms in total. The highest BCUT2D eigenvalue weighted by atomic mass is 29.9. The van der Waals surface area contributed by atoms with Gasteiger partial charge in [-0.3, -0.25) is 0 Å². The van der Waals surface area contributed by atoms with E-state index in [1.54, 1.807) is 7.11 Å². The van der Waals surface area contributed by atoms with E-state index in [1.807, 2.05) is 0 Å². The second-order valence-corrected chi connectivity index (χ2v) is 48.4. The molecule has 120 valence electrons. The molecule has 0 aliphatic carbocycles. The highest BCUT2D eigenvalue weighted by molar-refractivity contribution is 7.87. The lowest BCUT2D eigenvalue weighted by molar-refractivity contribution is 0.148. The first-order valence-corrected chi connectivity index (χ1v) is 22.9. The zero-order valence-corrected chi connectivity index (χ0v) is 19.8. The van der Waals surface area contributed by atoms with Crippen LogP contribution in [-0.4, -0.2) is 36.8 Å². The fourth-order valence-corrected chi connectivity index (χ4v) is 97.1. The van der Waals surface area contributed by atoms with E-state index in [9.17, 15) is 0 Å². The summed E-state index contributed by atoms with van der Waals surface area (Å²) in [5.74, 6) is 0.809. The van der Waals surface area contributed by atoms with Gasteiger partial charge in [-0.25, -0.2) is 0 Å². The fourth-order valence-electron chi connectivity index (χ4n) is 4.32. The van der Waals surface area contributed by atoms with Crippen molar-refractivity contribution in [2.45, 2.75) is 72.8 Å². The third kappa shape index (κ3) is 3.69. The Balaban J connectivity index is 6.28. The number of allylic oxidation sites excluding steroid dienone is 1. The van der Waals surface area contributed by atoms with Crippen molar-refractivity contribution < 1.29 is 9.16 Å². The van der Waals surface area contributed by atoms with Crippen molar-refractivity contribution in [3.8, 4) is 0 Å². The maximum absolute atomic E-state index is 6.92. The van der Waals surface area contributed by atoms with Gasteiger partial charge >= 0.3 is 0 Å². The minimum Gasteiger partial charge on any atom is -0.528 e. The molecule has 0 aromatic heterocycles. The van der Waals surface area contributed by atoms with Crippen LogP contribution in [0.15, 0.2) is 11.5 Å². The van der Waals surface area contributed by atoms with E-state index in [4.69, 9.17) is 9.16 Å². The van der Waals surface area contributed by atoms with Crippen LogP contribution in [0.4, 0.5) is 0 Å². The molecule has 0 fully saturated rings. The molecule has 20 heavy (non-hydrogen) atoms. The van der Waals surface area contributed by atoms with E-state index in [0.29, 0.717) is 0 Å². The Morgan fingerprint density at radius 1 is 0.650 bits per heavy atom. The molecule has 0 bridgehead atoms. The minimum absolute atomic E-state index is 0.809. The van der Waals surface area contributed by atoms with Gasteiger partial charge < -0.3 is 9.16 Å². The first-order valence-electron chi connectivity index (χ1n) is 7.52. The predicted molar refractivity (Wildman–Crippen MR) is 102 cm³/mol. The molecule has 6 heteroatoms. The number of hydrogen-bond donors (Lipinski definition) is 0. The SMILES string of the molecule is COC(O[Si]([Si](C)(C)C)([Si](C)(C)C)[Si](C)(C)C)=C(C)C. The second kappa shape index (κ2) is 6.14. The molecule has 0 saturated heterocycles. The van der Waals surface area contributed by atoms with Gasteiger partial charge in [0.15, 0.2) is 0 Å². The Bertz CT molecular complexity index is 330. The summed E-state index contributed by atoms with van der Waals surface area (Å²) < 4.78 is 12.5. The zero-order valence-electron chi connectivity index (χ0n) is 15.8. The van der Waals surface area contributed by atoms with Gasteiger partial charge in [0, 0.05) is 5.57 Å². The van der Waals surface area contributed by atoms with Crippen molar-refractivity contribution in [2.75, 3.05) is 7.11 Å². The Kier molecular flexibility index (Phi) is 6.20. The molecule has 0 aliphatic rings. The van der Waals surface area contributed by atoms with E-state index >= 15 is 0 Å². The van der Waals surface area contributed by atoms with Crippen molar-refractivity contribution in [1.29, 1.82) is 0 Å². The van der Waals surface area contributed by atoms with Crippen LogP contribution in [0, 0.1) is 0 Å². The summed E-state index contributed by atoms with van der Waals surface area (Å²) in [5, 5.41) is 0. The van der Waals surface area contributed by atoms with Gasteiger partial charge in [-0.15, -0.1) is 0 Å². The van der Waals surface area contributed by atoms with Crippen molar-refractivity contribution in [1.82, 2.24) is 0 Å². The van der Waals surface area contributed by atoms with Gasteiger partial charge in [0.05, 0.1) is 29.9 Å². The highest BCUT2D eigenvalue weighted by Crippen LogP contribution is 2.39. The van der Waals surface area contributed by atoms with Crippen LogP contribution in [0.5, 0.6) is 0 Å². The lowest BCUT2D eigenvalue weighted by Crippen LogP contribution is -2.84. The molecule has 0 saturated carbocycles. The average Bonchev–Trinajstić information content (AvgIpc) is 2.11.